The summed E-state index contributed by atoms with van der Waals surface area (Å²) in [5, 5.41) is 2.69. The average Bonchev–Trinajstić information content (AvgIpc) is 2.68. The lowest BCUT2D eigenvalue weighted by Crippen LogP contribution is -2.54. The first-order valence-corrected chi connectivity index (χ1v) is 5.33. The van der Waals surface area contributed by atoms with Crippen molar-refractivity contribution in [1.29, 1.82) is 0 Å². The Morgan fingerprint density at radius 3 is 2.47 bits per heavy atom. The van der Waals surface area contributed by atoms with Crippen molar-refractivity contribution in [2.75, 3.05) is 13.2 Å². The van der Waals surface area contributed by atoms with E-state index in [0.717, 1.165) is 12.8 Å². The molecule has 1 aliphatic carbocycles. The number of esters is 1. The summed E-state index contributed by atoms with van der Waals surface area (Å²) in [6.45, 7) is 1.99. The first-order chi connectivity index (χ1) is 7.14. The van der Waals surface area contributed by atoms with Crippen LogP contribution in [-0.4, -0.2) is 30.6 Å². The van der Waals surface area contributed by atoms with Crippen LogP contribution in [0, 0.1) is 0 Å². The van der Waals surface area contributed by atoms with Gasteiger partial charge < -0.3 is 15.8 Å². The number of carbonyl (C=O) groups is 2. The van der Waals surface area contributed by atoms with Gasteiger partial charge in [-0.3, -0.25) is 4.79 Å². The molecule has 0 bridgehead atoms. The number of carbonyl (C=O) groups excluding carboxylic acids is 2. The van der Waals surface area contributed by atoms with Gasteiger partial charge in [-0.15, -0.1) is 0 Å². The molecule has 0 saturated heterocycles. The van der Waals surface area contributed by atoms with Crippen molar-refractivity contribution in [3.05, 3.63) is 0 Å². The van der Waals surface area contributed by atoms with Crippen LogP contribution in [0.3, 0.4) is 0 Å². The number of amides is 1. The summed E-state index contributed by atoms with van der Waals surface area (Å²) < 4.78 is 4.98. The maximum absolute atomic E-state index is 11.7. The van der Waals surface area contributed by atoms with Crippen LogP contribution in [0.2, 0.25) is 0 Å². The average molecular weight is 214 g/mol. The van der Waals surface area contributed by atoms with Crippen LogP contribution in [-0.2, 0) is 14.3 Å². The van der Waals surface area contributed by atoms with Crippen molar-refractivity contribution >= 4 is 11.9 Å². The highest BCUT2D eigenvalue weighted by atomic mass is 16.5. The molecule has 0 aromatic carbocycles. The Hall–Kier alpha value is -1.10. The molecule has 5 heteroatoms. The fourth-order valence-corrected chi connectivity index (χ4v) is 1.95. The van der Waals surface area contributed by atoms with E-state index in [4.69, 9.17) is 10.5 Å². The van der Waals surface area contributed by atoms with Gasteiger partial charge in [0.25, 0.3) is 0 Å². The molecule has 0 spiro atoms. The lowest BCUT2D eigenvalue weighted by atomic mass is 9.97. The standard InChI is InChI=1S/C10H18N2O3/c1-2-15-9(14)10(5-3-4-6-10)12-8(13)7-11/h2-7,11H2,1H3,(H,12,13). The minimum absolute atomic E-state index is 0.0961. The number of ether oxygens (including phenoxy) is 1. The predicted molar refractivity (Wildman–Crippen MR) is 55.0 cm³/mol. The molecule has 0 aromatic rings. The summed E-state index contributed by atoms with van der Waals surface area (Å²) in [4.78, 5) is 23.0. The molecule has 1 saturated carbocycles. The molecule has 1 rings (SSSR count). The first-order valence-electron chi connectivity index (χ1n) is 5.33. The van der Waals surface area contributed by atoms with E-state index in [1.807, 2.05) is 0 Å². The molecule has 1 aliphatic rings. The van der Waals surface area contributed by atoms with Gasteiger partial charge in [0.05, 0.1) is 13.2 Å². The summed E-state index contributed by atoms with van der Waals surface area (Å²) in [5.41, 5.74) is 4.41. The zero-order chi connectivity index (χ0) is 11.3. The van der Waals surface area contributed by atoms with E-state index in [2.05, 4.69) is 5.32 Å². The Kier molecular flexibility index (Phi) is 4.08. The quantitative estimate of drug-likeness (QED) is 0.642. The third kappa shape index (κ3) is 2.68. The monoisotopic (exact) mass is 214 g/mol. The fraction of sp³-hybridized carbons (Fsp3) is 0.800. The fourth-order valence-electron chi connectivity index (χ4n) is 1.95. The van der Waals surface area contributed by atoms with Gasteiger partial charge in [0.15, 0.2) is 0 Å². The zero-order valence-electron chi connectivity index (χ0n) is 9.04. The minimum Gasteiger partial charge on any atom is -0.464 e. The van der Waals surface area contributed by atoms with Gasteiger partial charge in [-0.2, -0.15) is 0 Å². The molecular formula is C10H18N2O3. The van der Waals surface area contributed by atoms with E-state index >= 15 is 0 Å². The van der Waals surface area contributed by atoms with Crippen molar-refractivity contribution in [3.63, 3.8) is 0 Å². The van der Waals surface area contributed by atoms with Gasteiger partial charge in [0.1, 0.15) is 5.54 Å². The second kappa shape index (κ2) is 5.11. The van der Waals surface area contributed by atoms with Crippen molar-refractivity contribution in [1.82, 2.24) is 5.32 Å². The largest absolute Gasteiger partial charge is 0.464 e. The molecule has 0 radical (unpaired) electrons. The maximum Gasteiger partial charge on any atom is 0.331 e. The number of hydrogen-bond acceptors (Lipinski definition) is 4. The topological polar surface area (TPSA) is 81.4 Å². The molecule has 1 fully saturated rings. The van der Waals surface area contributed by atoms with Crippen LogP contribution in [0.15, 0.2) is 0 Å². The molecule has 15 heavy (non-hydrogen) atoms. The van der Waals surface area contributed by atoms with E-state index in [1.165, 1.54) is 0 Å². The first kappa shape index (κ1) is 12.0. The van der Waals surface area contributed by atoms with Crippen molar-refractivity contribution < 1.29 is 14.3 Å². The van der Waals surface area contributed by atoms with Gasteiger partial charge in [-0.1, -0.05) is 12.8 Å². The second-order valence-electron chi connectivity index (χ2n) is 3.76. The molecule has 0 aliphatic heterocycles. The Balaban J connectivity index is 2.69. The molecule has 0 heterocycles. The number of hydrogen-bond donors (Lipinski definition) is 2. The van der Waals surface area contributed by atoms with Crippen LogP contribution in [0.4, 0.5) is 0 Å². The van der Waals surface area contributed by atoms with Gasteiger partial charge in [0, 0.05) is 0 Å². The summed E-state index contributed by atoms with van der Waals surface area (Å²) >= 11 is 0. The van der Waals surface area contributed by atoms with Gasteiger partial charge >= 0.3 is 5.97 Å². The Morgan fingerprint density at radius 2 is 2.00 bits per heavy atom. The molecule has 0 aromatic heterocycles. The normalized spacial score (nSPS) is 18.5. The van der Waals surface area contributed by atoms with Gasteiger partial charge in [-0.05, 0) is 19.8 Å². The van der Waals surface area contributed by atoms with Crippen molar-refractivity contribution in [2.24, 2.45) is 5.73 Å². The molecule has 0 atom stereocenters. The van der Waals surface area contributed by atoms with E-state index in [-0.39, 0.29) is 18.4 Å². The van der Waals surface area contributed by atoms with Gasteiger partial charge in [-0.25, -0.2) is 4.79 Å². The zero-order valence-corrected chi connectivity index (χ0v) is 9.04. The number of nitrogens with one attached hydrogen (secondary N) is 1. The summed E-state index contributed by atoms with van der Waals surface area (Å²) in [7, 11) is 0. The molecule has 0 unspecified atom stereocenters. The second-order valence-corrected chi connectivity index (χ2v) is 3.76. The molecular weight excluding hydrogens is 196 g/mol. The molecule has 86 valence electrons. The lowest BCUT2D eigenvalue weighted by molar-refractivity contribution is -0.153. The molecule has 1 amide bonds. The van der Waals surface area contributed by atoms with E-state index < -0.39 is 5.54 Å². The number of nitrogens with two attached hydrogens (primary N) is 1. The summed E-state index contributed by atoms with van der Waals surface area (Å²) in [6.07, 6.45) is 3.17. The molecule has 3 N–H and O–H groups in total. The minimum atomic E-state index is -0.813. The van der Waals surface area contributed by atoms with Gasteiger partial charge in [0.2, 0.25) is 5.91 Å². The van der Waals surface area contributed by atoms with Crippen molar-refractivity contribution in [3.8, 4) is 0 Å². The highest BCUT2D eigenvalue weighted by molar-refractivity contribution is 5.89. The Bertz CT molecular complexity index is 247. The number of rotatable bonds is 4. The highest BCUT2D eigenvalue weighted by Gasteiger charge is 2.43. The van der Waals surface area contributed by atoms with Crippen LogP contribution in [0.25, 0.3) is 0 Å². The summed E-state index contributed by atoms with van der Waals surface area (Å²) in [5.74, 6) is -0.630. The van der Waals surface area contributed by atoms with E-state index in [9.17, 15) is 9.59 Å². The highest BCUT2D eigenvalue weighted by Crippen LogP contribution is 2.30. The van der Waals surface area contributed by atoms with Crippen LogP contribution < -0.4 is 11.1 Å². The smallest absolute Gasteiger partial charge is 0.331 e. The van der Waals surface area contributed by atoms with Crippen LogP contribution in [0.1, 0.15) is 32.6 Å². The predicted octanol–water partition coefficient (Wildman–Crippen LogP) is -0.0628. The van der Waals surface area contributed by atoms with E-state index in [1.54, 1.807) is 6.92 Å². The Morgan fingerprint density at radius 1 is 1.40 bits per heavy atom. The van der Waals surface area contributed by atoms with Crippen molar-refractivity contribution in [2.45, 2.75) is 38.1 Å². The summed E-state index contributed by atoms with van der Waals surface area (Å²) in [6, 6.07) is 0. The van der Waals surface area contributed by atoms with Crippen LogP contribution >= 0.6 is 0 Å². The van der Waals surface area contributed by atoms with E-state index in [0.29, 0.717) is 19.4 Å². The maximum atomic E-state index is 11.7. The van der Waals surface area contributed by atoms with Crippen LogP contribution in [0.5, 0.6) is 0 Å². The Labute approximate surface area is 89.3 Å². The molecule has 5 nitrogen and oxygen atoms in total. The third-order valence-corrected chi connectivity index (χ3v) is 2.69. The SMILES string of the molecule is CCOC(=O)C1(NC(=O)CN)CCCC1. The third-order valence-electron chi connectivity index (χ3n) is 2.69. The lowest BCUT2D eigenvalue weighted by Gasteiger charge is -2.27.